The molecular weight excluding hydrogens is 288 g/mol. The van der Waals surface area contributed by atoms with Crippen molar-refractivity contribution >= 4 is 0 Å². The number of benzene rings is 2. The summed E-state index contributed by atoms with van der Waals surface area (Å²) in [5.74, 6) is 2.81. The molecule has 0 radical (unpaired) electrons. The molecule has 0 aliphatic carbocycles. The minimum Gasteiger partial charge on any atom is -0.457 e. The minimum absolute atomic E-state index is 0. The van der Waals surface area contributed by atoms with Gasteiger partial charge in [0.05, 0.1) is 0 Å². The standard InChI is InChI=1S/C19H17NO2.H3N/c1-14-11-12-19(20-15(14)2)22-18-10-6-9-17(13-18)21-16-7-4-3-5-8-16;/h3-13H,1-2H3;1H3. The predicted molar refractivity (Wildman–Crippen MR) is 91.8 cm³/mol. The van der Waals surface area contributed by atoms with E-state index in [1.165, 1.54) is 0 Å². The van der Waals surface area contributed by atoms with Gasteiger partial charge in [0.25, 0.3) is 0 Å². The number of nitrogens with zero attached hydrogens (tertiary/aromatic N) is 1. The van der Waals surface area contributed by atoms with Crippen LogP contribution in [0, 0.1) is 13.8 Å². The molecule has 3 N–H and O–H groups in total. The number of aromatic nitrogens is 1. The van der Waals surface area contributed by atoms with Crippen molar-refractivity contribution in [2.75, 3.05) is 0 Å². The number of aryl methyl sites for hydroxylation is 2. The van der Waals surface area contributed by atoms with Crippen molar-refractivity contribution in [3.05, 3.63) is 78.0 Å². The van der Waals surface area contributed by atoms with Crippen molar-refractivity contribution in [3.8, 4) is 23.1 Å². The number of ether oxygens (including phenoxy) is 2. The fourth-order valence-corrected chi connectivity index (χ4v) is 2.01. The second-order valence-corrected chi connectivity index (χ2v) is 5.04. The Labute approximate surface area is 136 Å². The van der Waals surface area contributed by atoms with Crippen molar-refractivity contribution in [3.63, 3.8) is 0 Å². The van der Waals surface area contributed by atoms with Crippen molar-refractivity contribution < 1.29 is 9.47 Å². The lowest BCUT2D eigenvalue weighted by molar-refractivity contribution is 0.448. The van der Waals surface area contributed by atoms with Crippen LogP contribution in [-0.4, -0.2) is 4.98 Å². The normalized spacial score (nSPS) is 9.83. The van der Waals surface area contributed by atoms with Crippen LogP contribution in [0.5, 0.6) is 23.1 Å². The van der Waals surface area contributed by atoms with Gasteiger partial charge in [-0.3, -0.25) is 0 Å². The van der Waals surface area contributed by atoms with Gasteiger partial charge in [0, 0.05) is 17.8 Å². The van der Waals surface area contributed by atoms with Gasteiger partial charge in [-0.25, -0.2) is 4.98 Å². The zero-order valence-electron chi connectivity index (χ0n) is 13.3. The molecule has 0 saturated heterocycles. The summed E-state index contributed by atoms with van der Waals surface area (Å²) >= 11 is 0. The average Bonchev–Trinajstić information content (AvgIpc) is 2.52. The lowest BCUT2D eigenvalue weighted by Gasteiger charge is -2.09. The molecular formula is C19H20N2O2. The van der Waals surface area contributed by atoms with Crippen molar-refractivity contribution in [2.24, 2.45) is 0 Å². The molecule has 0 aliphatic heterocycles. The molecule has 3 aromatic rings. The lowest BCUT2D eigenvalue weighted by atomic mass is 10.2. The molecule has 23 heavy (non-hydrogen) atoms. The van der Waals surface area contributed by atoms with Crippen LogP contribution in [0.15, 0.2) is 66.7 Å². The van der Waals surface area contributed by atoms with E-state index in [0.717, 1.165) is 22.8 Å². The monoisotopic (exact) mass is 308 g/mol. The third-order valence-corrected chi connectivity index (χ3v) is 3.33. The summed E-state index contributed by atoms with van der Waals surface area (Å²) < 4.78 is 11.6. The number of para-hydroxylation sites is 1. The smallest absolute Gasteiger partial charge is 0.219 e. The van der Waals surface area contributed by atoms with E-state index in [4.69, 9.17) is 9.47 Å². The maximum absolute atomic E-state index is 5.80. The Kier molecular flexibility index (Phi) is 5.33. The van der Waals surface area contributed by atoms with Crippen molar-refractivity contribution in [1.29, 1.82) is 0 Å². The van der Waals surface area contributed by atoms with Crippen molar-refractivity contribution in [2.45, 2.75) is 13.8 Å². The Morgan fingerprint density at radius 1 is 0.696 bits per heavy atom. The first-order valence-corrected chi connectivity index (χ1v) is 7.16. The average molecular weight is 308 g/mol. The lowest BCUT2D eigenvalue weighted by Crippen LogP contribution is -1.92. The highest BCUT2D eigenvalue weighted by Crippen LogP contribution is 2.27. The van der Waals surface area contributed by atoms with Crippen LogP contribution in [0.4, 0.5) is 0 Å². The number of hydrogen-bond acceptors (Lipinski definition) is 4. The molecule has 1 heterocycles. The van der Waals surface area contributed by atoms with Crippen LogP contribution in [0.1, 0.15) is 11.3 Å². The second kappa shape index (κ2) is 7.42. The number of pyridine rings is 1. The largest absolute Gasteiger partial charge is 0.457 e. The second-order valence-electron chi connectivity index (χ2n) is 5.04. The molecule has 118 valence electrons. The van der Waals surface area contributed by atoms with Gasteiger partial charge in [-0.15, -0.1) is 0 Å². The minimum atomic E-state index is 0. The highest BCUT2D eigenvalue weighted by molar-refractivity contribution is 5.38. The molecule has 0 aliphatic rings. The first kappa shape index (κ1) is 16.5. The van der Waals surface area contributed by atoms with E-state index >= 15 is 0 Å². The van der Waals surface area contributed by atoms with E-state index in [0.29, 0.717) is 11.6 Å². The maximum atomic E-state index is 5.80. The third kappa shape index (κ3) is 4.31. The van der Waals surface area contributed by atoms with Gasteiger partial charge < -0.3 is 15.6 Å². The molecule has 4 heteroatoms. The molecule has 0 atom stereocenters. The highest BCUT2D eigenvalue weighted by Gasteiger charge is 2.03. The van der Waals surface area contributed by atoms with Crippen LogP contribution in [-0.2, 0) is 0 Å². The zero-order chi connectivity index (χ0) is 15.4. The molecule has 3 rings (SSSR count). The summed E-state index contributed by atoms with van der Waals surface area (Å²) in [6.07, 6.45) is 0. The Balaban J connectivity index is 0.00000192. The van der Waals surface area contributed by atoms with Gasteiger partial charge in [0.2, 0.25) is 5.88 Å². The maximum Gasteiger partial charge on any atom is 0.219 e. The van der Waals surface area contributed by atoms with Gasteiger partial charge in [-0.1, -0.05) is 30.3 Å². The van der Waals surface area contributed by atoms with Crippen LogP contribution in [0.25, 0.3) is 0 Å². The van der Waals surface area contributed by atoms with Crippen molar-refractivity contribution in [1.82, 2.24) is 11.1 Å². The van der Waals surface area contributed by atoms with E-state index in [9.17, 15) is 0 Å². The summed E-state index contributed by atoms with van der Waals surface area (Å²) in [6.45, 7) is 4.00. The quantitative estimate of drug-likeness (QED) is 0.696. The Morgan fingerprint density at radius 3 is 2.04 bits per heavy atom. The van der Waals surface area contributed by atoms with Crippen LogP contribution in [0.2, 0.25) is 0 Å². The van der Waals surface area contributed by atoms with E-state index in [-0.39, 0.29) is 6.15 Å². The van der Waals surface area contributed by atoms with Gasteiger partial charge >= 0.3 is 0 Å². The number of rotatable bonds is 4. The van der Waals surface area contributed by atoms with E-state index in [1.54, 1.807) is 0 Å². The zero-order valence-corrected chi connectivity index (χ0v) is 13.3. The molecule has 0 unspecified atom stereocenters. The van der Waals surface area contributed by atoms with Crippen LogP contribution < -0.4 is 15.6 Å². The van der Waals surface area contributed by atoms with Gasteiger partial charge in [0.1, 0.15) is 17.2 Å². The SMILES string of the molecule is Cc1ccc(Oc2cccc(Oc3ccccc3)c2)nc1C.N. The topological polar surface area (TPSA) is 66.3 Å². The summed E-state index contributed by atoms with van der Waals surface area (Å²) in [4.78, 5) is 4.42. The molecule has 0 spiro atoms. The van der Waals surface area contributed by atoms with E-state index in [2.05, 4.69) is 4.98 Å². The molecule has 0 amide bonds. The number of hydrogen-bond donors (Lipinski definition) is 1. The Hall–Kier alpha value is -2.85. The summed E-state index contributed by atoms with van der Waals surface area (Å²) in [6, 6.07) is 21.1. The highest BCUT2D eigenvalue weighted by atomic mass is 16.5. The Bertz CT molecular complexity index is 773. The molecule has 0 fully saturated rings. The van der Waals surface area contributed by atoms with Gasteiger partial charge in [-0.05, 0) is 43.7 Å². The first-order chi connectivity index (χ1) is 10.7. The molecule has 4 nitrogen and oxygen atoms in total. The van der Waals surface area contributed by atoms with Crippen LogP contribution in [0.3, 0.4) is 0 Å². The summed E-state index contributed by atoms with van der Waals surface area (Å²) in [7, 11) is 0. The molecule has 2 aromatic carbocycles. The summed E-state index contributed by atoms with van der Waals surface area (Å²) in [5, 5.41) is 0. The van der Waals surface area contributed by atoms with E-state index in [1.807, 2.05) is 80.6 Å². The fourth-order valence-electron chi connectivity index (χ4n) is 2.01. The summed E-state index contributed by atoms with van der Waals surface area (Å²) in [5.41, 5.74) is 2.11. The molecule has 0 bridgehead atoms. The van der Waals surface area contributed by atoms with Gasteiger partial charge in [-0.2, -0.15) is 0 Å². The third-order valence-electron chi connectivity index (χ3n) is 3.33. The predicted octanol–water partition coefficient (Wildman–Crippen LogP) is 5.45. The fraction of sp³-hybridized carbons (Fsp3) is 0.105. The van der Waals surface area contributed by atoms with Gasteiger partial charge in [0.15, 0.2) is 0 Å². The van der Waals surface area contributed by atoms with E-state index < -0.39 is 0 Å². The Morgan fingerprint density at radius 2 is 1.35 bits per heavy atom. The molecule has 0 saturated carbocycles. The molecule has 1 aromatic heterocycles. The first-order valence-electron chi connectivity index (χ1n) is 7.16. The van der Waals surface area contributed by atoms with Crippen LogP contribution >= 0.6 is 0 Å².